The first-order chi connectivity index (χ1) is 4.36. The minimum Gasteiger partial charge on any atom is -0.475 e. The number of nitrogens with zero attached hydrogens (tertiary/aromatic N) is 1. The summed E-state index contributed by atoms with van der Waals surface area (Å²) in [5.74, 6) is -0.757. The van der Waals surface area contributed by atoms with Crippen molar-refractivity contribution in [3.05, 3.63) is 0 Å². The number of carboxylic acid groups (broad SMARTS) is 1. The van der Waals surface area contributed by atoms with Crippen LogP contribution in [0, 0.1) is 11.2 Å². The monoisotopic (exact) mass is 177 g/mol. The molecule has 0 radical (unpaired) electrons. The summed E-state index contributed by atoms with van der Waals surface area (Å²) in [5.41, 5.74) is 0. The third kappa shape index (κ3) is 17.7. The Bertz CT molecular complexity index is 154. The second-order valence-corrected chi connectivity index (χ2v) is 0.803. The summed E-state index contributed by atoms with van der Waals surface area (Å²) in [4.78, 5) is 8.90. The van der Waals surface area contributed by atoms with E-state index in [9.17, 15) is 13.2 Å². The molecule has 0 bridgehead atoms. The van der Waals surface area contributed by atoms with Crippen LogP contribution in [-0.2, 0) is 4.79 Å². The molecule has 0 atom stereocenters. The van der Waals surface area contributed by atoms with Crippen molar-refractivity contribution < 1.29 is 52.6 Å². The van der Waals surface area contributed by atoms with E-state index in [2.05, 4.69) is 0 Å². The van der Waals surface area contributed by atoms with Crippen molar-refractivity contribution in [3.8, 4) is 5.97 Å². The van der Waals surface area contributed by atoms with Gasteiger partial charge in [-0.3, -0.25) is 5.26 Å². The average Bonchev–Trinajstić information content (AvgIpc) is 1.64. The molecule has 0 spiro atoms. The van der Waals surface area contributed by atoms with Crippen LogP contribution in [0.3, 0.4) is 0 Å². The number of carbonyl (C=O) groups is 1. The molecule has 0 aromatic rings. The number of carboxylic acids is 1. The third-order valence-electron chi connectivity index (χ3n) is 0.243. The van der Waals surface area contributed by atoms with Gasteiger partial charge in [0.2, 0.25) is 0 Å². The Kier molecular flexibility index (Phi) is 12.3. The van der Waals surface area contributed by atoms with Crippen LogP contribution < -0.4 is 29.6 Å². The van der Waals surface area contributed by atoms with Gasteiger partial charge in [-0.1, -0.05) is 0 Å². The Balaban J connectivity index is -0.000000140. The van der Waals surface area contributed by atoms with Crippen LogP contribution in [-0.4, -0.2) is 25.1 Å². The summed E-state index contributed by atoms with van der Waals surface area (Å²) in [6.45, 7) is 0. The topological polar surface area (TPSA) is 61.1 Å². The second-order valence-electron chi connectivity index (χ2n) is 0.803. The fraction of sp³-hybridized carbons (Fsp3) is 0.333. The van der Waals surface area contributed by atoms with Crippen LogP contribution in [0.5, 0.6) is 0 Å². The minimum absolute atomic E-state index is 0. The summed E-state index contributed by atoms with van der Waals surface area (Å²) < 4.78 is 31.7. The standard InChI is InChI=1S/C2HF3O2.CH3BN.Na/c3-2(4,5)1(6)7;2-1-3;/h(H,6,7);2H3;/q;-1;+1. The number of hydrogen-bond donors (Lipinski definition) is 1. The van der Waals surface area contributed by atoms with Crippen molar-refractivity contribution in [2.75, 3.05) is 0 Å². The van der Waals surface area contributed by atoms with Crippen LogP contribution in [0.4, 0.5) is 13.2 Å². The summed E-state index contributed by atoms with van der Waals surface area (Å²) >= 11 is 0. The van der Waals surface area contributed by atoms with Gasteiger partial charge in [-0.2, -0.15) is 19.1 Å². The van der Waals surface area contributed by atoms with E-state index >= 15 is 0 Å². The Labute approximate surface area is 83.9 Å². The summed E-state index contributed by atoms with van der Waals surface area (Å²) in [6, 6.07) is 0. The Morgan fingerprint density at radius 1 is 1.55 bits per heavy atom. The zero-order valence-corrected chi connectivity index (χ0v) is 6.94. The number of rotatable bonds is 0. The summed E-state index contributed by atoms with van der Waals surface area (Å²) in [7, 11) is 0.0694. The zero-order chi connectivity index (χ0) is 8.78. The maximum absolute atomic E-state index is 10.6. The van der Waals surface area contributed by atoms with Crippen molar-refractivity contribution in [1.29, 1.82) is 5.26 Å². The van der Waals surface area contributed by atoms with Gasteiger partial charge in [-0.05, 0) is 0 Å². The Morgan fingerprint density at radius 2 is 1.64 bits per heavy atom. The van der Waals surface area contributed by atoms with E-state index in [0.29, 0.717) is 0 Å². The van der Waals surface area contributed by atoms with Gasteiger partial charge in [-0.15, -0.1) is 0 Å². The van der Waals surface area contributed by atoms with Gasteiger partial charge in [0.25, 0.3) is 0 Å². The van der Waals surface area contributed by atoms with Crippen molar-refractivity contribution in [3.63, 3.8) is 0 Å². The van der Waals surface area contributed by atoms with E-state index in [1.807, 2.05) is 5.97 Å². The Hall–Kier alpha value is -0.185. The molecular formula is C3H4BF3NNaO2. The molecule has 0 aliphatic heterocycles. The van der Waals surface area contributed by atoms with E-state index in [1.54, 1.807) is 0 Å². The third-order valence-corrected chi connectivity index (χ3v) is 0.243. The zero-order valence-electron chi connectivity index (χ0n) is 4.94. The fourth-order valence-electron chi connectivity index (χ4n) is 0. The minimum atomic E-state index is -5.08. The van der Waals surface area contributed by atoms with Crippen LogP contribution >= 0.6 is 0 Å². The molecule has 8 heteroatoms. The molecule has 0 aliphatic rings. The SMILES string of the molecule is O=C(O)C(F)(F)F.[BH3-]C#N.[Na+]. The maximum Gasteiger partial charge on any atom is 1.00 e. The molecule has 11 heavy (non-hydrogen) atoms. The molecule has 0 amide bonds. The molecule has 0 fully saturated rings. The summed E-state index contributed by atoms with van der Waals surface area (Å²) in [5, 5.41) is 14.6. The number of alkyl halides is 3. The van der Waals surface area contributed by atoms with Gasteiger partial charge in [0.15, 0.2) is 0 Å². The van der Waals surface area contributed by atoms with Crippen molar-refractivity contribution in [2.45, 2.75) is 6.18 Å². The van der Waals surface area contributed by atoms with E-state index in [1.165, 1.54) is 0 Å². The molecule has 0 saturated carbocycles. The number of nitriles is 1. The van der Waals surface area contributed by atoms with Crippen molar-refractivity contribution in [1.82, 2.24) is 0 Å². The average molecular weight is 177 g/mol. The predicted octanol–water partition coefficient (Wildman–Crippen LogP) is -3.53. The maximum atomic E-state index is 10.6. The van der Waals surface area contributed by atoms with E-state index in [0.717, 1.165) is 0 Å². The Morgan fingerprint density at radius 3 is 1.64 bits per heavy atom. The predicted molar refractivity (Wildman–Crippen MR) is 29.2 cm³/mol. The van der Waals surface area contributed by atoms with Gasteiger partial charge in [0, 0.05) is 0 Å². The quantitative estimate of drug-likeness (QED) is 0.390. The first-order valence-electron chi connectivity index (χ1n) is 1.47. The number of halogens is 3. The molecule has 0 aliphatic carbocycles. The first-order valence-corrected chi connectivity index (χ1v) is 1.47. The van der Waals surface area contributed by atoms with Gasteiger partial charge in [0.05, 0.1) is 7.85 Å². The van der Waals surface area contributed by atoms with Crippen LogP contribution in [0.1, 0.15) is 0 Å². The van der Waals surface area contributed by atoms with Gasteiger partial charge in [-0.25, -0.2) is 4.79 Å². The van der Waals surface area contributed by atoms with E-state index in [4.69, 9.17) is 15.2 Å². The molecule has 0 rings (SSSR count). The molecule has 0 saturated heterocycles. The fourth-order valence-corrected chi connectivity index (χ4v) is 0. The molecular weight excluding hydrogens is 173 g/mol. The number of aliphatic carboxylic acids is 1. The molecule has 0 aromatic carbocycles. The molecule has 1 N–H and O–H groups in total. The molecule has 0 aromatic heterocycles. The van der Waals surface area contributed by atoms with Crippen molar-refractivity contribution in [2.24, 2.45) is 0 Å². The molecule has 58 valence electrons. The largest absolute Gasteiger partial charge is 1.00 e. The smallest absolute Gasteiger partial charge is 0.475 e. The molecule has 3 nitrogen and oxygen atoms in total. The van der Waals surface area contributed by atoms with E-state index < -0.39 is 12.1 Å². The van der Waals surface area contributed by atoms with Crippen LogP contribution in [0.15, 0.2) is 0 Å². The molecule has 0 unspecified atom stereocenters. The van der Waals surface area contributed by atoms with Gasteiger partial charge < -0.3 is 5.11 Å². The first kappa shape index (κ1) is 17.1. The van der Waals surface area contributed by atoms with Crippen LogP contribution in [0.25, 0.3) is 0 Å². The second kappa shape index (κ2) is 7.92. The van der Waals surface area contributed by atoms with Crippen LogP contribution in [0.2, 0.25) is 0 Å². The normalized spacial score (nSPS) is 7.91. The summed E-state index contributed by atoms with van der Waals surface area (Å²) in [6.07, 6.45) is -5.08. The van der Waals surface area contributed by atoms with E-state index in [-0.39, 0.29) is 37.4 Å². The van der Waals surface area contributed by atoms with Gasteiger partial charge in [0.1, 0.15) is 0 Å². The van der Waals surface area contributed by atoms with Crippen molar-refractivity contribution >= 4 is 13.8 Å². The molecule has 0 heterocycles. The van der Waals surface area contributed by atoms with Gasteiger partial charge >= 0.3 is 41.7 Å². The number of hydrogen-bond acceptors (Lipinski definition) is 2.